The van der Waals surface area contributed by atoms with Gasteiger partial charge in [-0.3, -0.25) is 4.79 Å². The molecule has 0 amide bonds. The summed E-state index contributed by atoms with van der Waals surface area (Å²) in [6.45, 7) is 9.84. The zero-order valence-electron chi connectivity index (χ0n) is 14.4. The Bertz CT molecular complexity index is 438. The molecule has 2 unspecified atom stereocenters. The van der Waals surface area contributed by atoms with E-state index in [0.29, 0.717) is 18.0 Å². The predicted molar refractivity (Wildman–Crippen MR) is 88.7 cm³/mol. The predicted octanol–water partition coefficient (Wildman–Crippen LogP) is 5.38. The number of hydrogen-bond donors (Lipinski definition) is 1. The highest BCUT2D eigenvalue weighted by Gasteiger charge is 2.12. The van der Waals surface area contributed by atoms with E-state index < -0.39 is 17.2 Å². The minimum atomic E-state index is -0.847. The first kappa shape index (κ1) is 20.6. The molecule has 0 saturated heterocycles. The molecule has 22 heavy (non-hydrogen) atoms. The van der Waals surface area contributed by atoms with E-state index in [4.69, 9.17) is 0 Å². The van der Waals surface area contributed by atoms with Crippen molar-refractivity contribution in [2.45, 2.75) is 66.3 Å². The number of hydrogen-bond acceptors (Lipinski definition) is 2. The molecule has 2 atom stereocenters. The molecule has 1 N–H and O–H groups in total. The summed E-state index contributed by atoms with van der Waals surface area (Å²) in [5.41, 5.74) is 0.0641. The van der Waals surface area contributed by atoms with Crippen molar-refractivity contribution < 1.29 is 13.6 Å². The molecule has 0 heterocycles. The Morgan fingerprint density at radius 1 is 1.18 bits per heavy atom. The Hall–Kier alpha value is -1.45. The van der Waals surface area contributed by atoms with Crippen molar-refractivity contribution in [3.63, 3.8) is 0 Å². The van der Waals surface area contributed by atoms with Crippen LogP contribution in [0.3, 0.4) is 0 Å². The van der Waals surface area contributed by atoms with Gasteiger partial charge < -0.3 is 5.32 Å². The van der Waals surface area contributed by atoms with Gasteiger partial charge in [-0.1, -0.05) is 34.1 Å². The van der Waals surface area contributed by atoms with Gasteiger partial charge in [0.05, 0.1) is 5.57 Å². The number of carbonyl (C=O) groups is 1. The van der Waals surface area contributed by atoms with Crippen LogP contribution in [0.25, 0.3) is 0 Å². The van der Waals surface area contributed by atoms with Crippen LogP contribution in [0.2, 0.25) is 0 Å². The molecule has 0 spiro atoms. The summed E-state index contributed by atoms with van der Waals surface area (Å²) in [6.07, 6.45) is 6.02. The maximum absolute atomic E-state index is 14.0. The van der Waals surface area contributed by atoms with E-state index in [1.165, 1.54) is 12.2 Å². The van der Waals surface area contributed by atoms with Crippen LogP contribution in [-0.2, 0) is 4.79 Å². The second-order valence-corrected chi connectivity index (χ2v) is 5.67. The van der Waals surface area contributed by atoms with E-state index >= 15 is 0 Å². The third kappa shape index (κ3) is 7.53. The molecule has 0 aromatic carbocycles. The molecule has 4 heteroatoms. The molecule has 0 aliphatic rings. The van der Waals surface area contributed by atoms with Crippen LogP contribution in [-0.4, -0.2) is 12.3 Å². The fourth-order valence-corrected chi connectivity index (χ4v) is 2.13. The minimum absolute atomic E-state index is 0.219. The molecule has 0 aromatic heterocycles. The van der Waals surface area contributed by atoms with Crippen molar-refractivity contribution in [1.29, 1.82) is 0 Å². The van der Waals surface area contributed by atoms with Crippen molar-refractivity contribution in [2.75, 3.05) is 0 Å². The normalized spacial score (nSPS) is 16.9. The zero-order valence-corrected chi connectivity index (χ0v) is 14.4. The van der Waals surface area contributed by atoms with Gasteiger partial charge in [-0.2, -0.15) is 0 Å². The lowest BCUT2D eigenvalue weighted by Gasteiger charge is -2.21. The molecule has 0 aliphatic heterocycles. The summed E-state index contributed by atoms with van der Waals surface area (Å²) in [5, 5.41) is 3.24. The monoisotopic (exact) mass is 313 g/mol. The van der Waals surface area contributed by atoms with Gasteiger partial charge in [0.25, 0.3) is 0 Å². The highest BCUT2D eigenvalue weighted by Crippen LogP contribution is 2.19. The lowest BCUT2D eigenvalue weighted by molar-refractivity contribution is -0.104. The van der Waals surface area contributed by atoms with Gasteiger partial charge in [0, 0.05) is 11.7 Å². The van der Waals surface area contributed by atoms with Crippen LogP contribution >= 0.6 is 0 Å². The first-order valence-electron chi connectivity index (χ1n) is 8.05. The van der Waals surface area contributed by atoms with Crippen molar-refractivity contribution in [1.82, 2.24) is 5.32 Å². The molecule has 0 radical (unpaired) electrons. The Kier molecular flexibility index (Phi) is 10.4. The lowest BCUT2D eigenvalue weighted by atomic mass is 9.97. The van der Waals surface area contributed by atoms with Gasteiger partial charge in [0.1, 0.15) is 11.7 Å². The lowest BCUT2D eigenvalue weighted by Crippen LogP contribution is -2.28. The number of nitrogens with one attached hydrogen (secondary N) is 1. The van der Waals surface area contributed by atoms with E-state index in [9.17, 15) is 13.6 Å². The van der Waals surface area contributed by atoms with Crippen molar-refractivity contribution in [3.05, 3.63) is 35.1 Å². The van der Waals surface area contributed by atoms with Gasteiger partial charge in [-0.15, -0.1) is 0 Å². The van der Waals surface area contributed by atoms with Gasteiger partial charge in [0.2, 0.25) is 0 Å². The molecular formula is C18H29F2NO. The summed E-state index contributed by atoms with van der Waals surface area (Å²) >= 11 is 0. The van der Waals surface area contributed by atoms with Crippen LogP contribution < -0.4 is 5.32 Å². The van der Waals surface area contributed by atoms with Crippen molar-refractivity contribution in [3.8, 4) is 0 Å². The summed E-state index contributed by atoms with van der Waals surface area (Å²) in [4.78, 5) is 10.9. The Morgan fingerprint density at radius 2 is 1.82 bits per heavy atom. The van der Waals surface area contributed by atoms with E-state index in [0.717, 1.165) is 19.3 Å². The topological polar surface area (TPSA) is 29.1 Å². The third-order valence-corrected chi connectivity index (χ3v) is 3.67. The molecule has 0 aliphatic carbocycles. The largest absolute Gasteiger partial charge is 0.386 e. The third-order valence-electron chi connectivity index (χ3n) is 3.67. The first-order valence-corrected chi connectivity index (χ1v) is 8.05. The van der Waals surface area contributed by atoms with Crippen LogP contribution in [0, 0.1) is 5.92 Å². The Morgan fingerprint density at radius 3 is 2.27 bits per heavy atom. The highest BCUT2D eigenvalue weighted by molar-refractivity contribution is 5.80. The van der Waals surface area contributed by atoms with E-state index in [-0.39, 0.29) is 12.3 Å². The average molecular weight is 313 g/mol. The van der Waals surface area contributed by atoms with Crippen LogP contribution in [0.5, 0.6) is 0 Å². The maximum atomic E-state index is 14.0. The second kappa shape index (κ2) is 11.2. The smallest absolute Gasteiger partial charge is 0.155 e. The highest BCUT2D eigenvalue weighted by atomic mass is 19.1. The van der Waals surface area contributed by atoms with Gasteiger partial charge in [-0.25, -0.2) is 8.78 Å². The Balaban J connectivity index is 5.08. The number of halogens is 2. The second-order valence-electron chi connectivity index (χ2n) is 5.67. The van der Waals surface area contributed by atoms with E-state index in [1.807, 2.05) is 0 Å². The summed E-state index contributed by atoms with van der Waals surface area (Å²) < 4.78 is 27.6. The van der Waals surface area contributed by atoms with Crippen molar-refractivity contribution in [2.24, 2.45) is 5.92 Å². The molecule has 2 nitrogen and oxygen atoms in total. The number of aldehydes is 1. The number of carbonyl (C=O) groups excluding carboxylic acids is 1. The van der Waals surface area contributed by atoms with Crippen LogP contribution in [0.15, 0.2) is 35.1 Å². The fraction of sp³-hybridized carbons (Fsp3) is 0.611. The molecule has 0 fully saturated rings. The minimum Gasteiger partial charge on any atom is -0.386 e. The summed E-state index contributed by atoms with van der Waals surface area (Å²) in [5.74, 6) is -1.08. The molecular weight excluding hydrogens is 284 g/mol. The standard InChI is InChI=1S/C18H29F2NO/c1-6-9-17(19)16(12-22)18(20)11-14(5)21-15(8-3)10-13(4)7-2/h9,11-13,15,21H,6-8,10H2,1-5H3/b14-11+,17-9-,18-16+. The first-order chi connectivity index (χ1) is 10.4. The quantitative estimate of drug-likeness (QED) is 0.333. The van der Waals surface area contributed by atoms with Crippen LogP contribution in [0.4, 0.5) is 8.78 Å². The molecule has 0 rings (SSSR count). The van der Waals surface area contributed by atoms with E-state index in [1.54, 1.807) is 13.8 Å². The summed E-state index contributed by atoms with van der Waals surface area (Å²) in [6, 6.07) is 0.245. The molecule has 0 aromatic rings. The number of allylic oxidation sites excluding steroid dienone is 6. The van der Waals surface area contributed by atoms with Gasteiger partial charge >= 0.3 is 0 Å². The van der Waals surface area contributed by atoms with E-state index in [2.05, 4.69) is 26.1 Å². The fourth-order valence-electron chi connectivity index (χ4n) is 2.13. The molecule has 126 valence electrons. The summed E-state index contributed by atoms with van der Waals surface area (Å²) in [7, 11) is 0. The number of rotatable bonds is 10. The zero-order chi connectivity index (χ0) is 17.1. The average Bonchev–Trinajstić information content (AvgIpc) is 2.47. The maximum Gasteiger partial charge on any atom is 0.155 e. The van der Waals surface area contributed by atoms with Gasteiger partial charge in [0.15, 0.2) is 6.29 Å². The molecule has 0 saturated carbocycles. The molecule has 0 bridgehead atoms. The van der Waals surface area contributed by atoms with Crippen molar-refractivity contribution >= 4 is 6.29 Å². The SMILES string of the molecule is CC/C=C(F)/C(C=O)=C(F)\C=C(/C)NC(CC)CC(C)CC. The van der Waals surface area contributed by atoms with Crippen LogP contribution in [0.1, 0.15) is 60.3 Å². The Labute approximate surface area is 133 Å². The van der Waals surface area contributed by atoms with Gasteiger partial charge in [-0.05, 0) is 44.3 Å².